The number of nitrogens with zero attached hydrogens (tertiary/aromatic N) is 2. The molecule has 0 saturated carbocycles. The normalized spacial score (nSPS) is 11.7. The molecule has 0 aromatic carbocycles. The van der Waals surface area contributed by atoms with Crippen molar-refractivity contribution in [2.24, 2.45) is 0 Å². The van der Waals surface area contributed by atoms with Gasteiger partial charge in [-0.15, -0.1) is 0 Å². The van der Waals surface area contributed by atoms with Crippen LogP contribution in [0.1, 0.15) is 32.8 Å². The average Bonchev–Trinajstić information content (AvgIpc) is 2.37. The minimum atomic E-state index is 0.0666. The summed E-state index contributed by atoms with van der Waals surface area (Å²) in [6, 6.07) is 2.05. The number of aromatic nitrogens is 1. The Morgan fingerprint density at radius 3 is 2.70 bits per heavy atom. The van der Waals surface area contributed by atoms with Crippen molar-refractivity contribution in [1.82, 2.24) is 10.3 Å². The van der Waals surface area contributed by atoms with E-state index in [1.807, 2.05) is 13.1 Å². The summed E-state index contributed by atoms with van der Waals surface area (Å²) in [6.07, 6.45) is 2.70. The number of hydrogen-bond acceptors (Lipinski definition) is 4. The highest BCUT2D eigenvalue weighted by molar-refractivity contribution is 6.31. The van der Waals surface area contributed by atoms with Gasteiger partial charge in [0.05, 0.1) is 5.02 Å². The molecule has 0 unspecified atom stereocenters. The number of hydrogen-bond donors (Lipinski definition) is 1. The Labute approximate surface area is 127 Å². The Morgan fingerprint density at radius 1 is 1.40 bits per heavy atom. The summed E-state index contributed by atoms with van der Waals surface area (Å²) >= 11 is 6.22. The minimum Gasteiger partial charge on any atom is -0.385 e. The number of nitrogens with one attached hydrogen (secondary N) is 1. The fraction of sp³-hybridized carbons (Fsp3) is 0.667. The van der Waals surface area contributed by atoms with Crippen LogP contribution >= 0.6 is 11.6 Å². The van der Waals surface area contributed by atoms with Crippen LogP contribution in [0.4, 0.5) is 5.82 Å². The molecule has 0 spiro atoms. The van der Waals surface area contributed by atoms with Crippen molar-refractivity contribution in [3.8, 4) is 0 Å². The highest BCUT2D eigenvalue weighted by atomic mass is 35.5. The van der Waals surface area contributed by atoms with Gasteiger partial charge in [0.15, 0.2) is 0 Å². The summed E-state index contributed by atoms with van der Waals surface area (Å²) < 4.78 is 5.07. The lowest BCUT2D eigenvalue weighted by atomic mass is 10.1. The summed E-state index contributed by atoms with van der Waals surface area (Å²) in [4.78, 5) is 6.51. The Hall–Kier alpha value is -0.840. The van der Waals surface area contributed by atoms with E-state index in [1.165, 1.54) is 0 Å². The van der Waals surface area contributed by atoms with E-state index in [0.717, 1.165) is 37.5 Å². The van der Waals surface area contributed by atoms with Gasteiger partial charge in [-0.1, -0.05) is 11.6 Å². The third-order valence-corrected chi connectivity index (χ3v) is 3.30. The van der Waals surface area contributed by atoms with Gasteiger partial charge in [-0.05, 0) is 38.8 Å². The van der Waals surface area contributed by atoms with E-state index in [0.29, 0.717) is 5.02 Å². The smallest absolute Gasteiger partial charge is 0.128 e. The molecule has 0 bridgehead atoms. The number of anilines is 1. The number of methoxy groups -OCH3 is 1. The fourth-order valence-corrected chi connectivity index (χ4v) is 1.90. The third-order valence-electron chi connectivity index (χ3n) is 2.96. The first-order valence-corrected chi connectivity index (χ1v) is 7.31. The van der Waals surface area contributed by atoms with Gasteiger partial charge in [-0.3, -0.25) is 0 Å². The van der Waals surface area contributed by atoms with Crippen molar-refractivity contribution in [3.05, 3.63) is 22.8 Å². The molecule has 5 heteroatoms. The van der Waals surface area contributed by atoms with Gasteiger partial charge in [0.2, 0.25) is 0 Å². The van der Waals surface area contributed by atoms with Crippen molar-refractivity contribution < 1.29 is 4.74 Å². The van der Waals surface area contributed by atoms with E-state index < -0.39 is 0 Å². The summed E-state index contributed by atoms with van der Waals surface area (Å²) in [5.41, 5.74) is 1.14. The first kappa shape index (κ1) is 17.2. The first-order chi connectivity index (χ1) is 9.33. The van der Waals surface area contributed by atoms with Crippen molar-refractivity contribution in [2.45, 2.75) is 39.3 Å². The quantitative estimate of drug-likeness (QED) is 0.785. The highest BCUT2D eigenvalue weighted by Gasteiger charge is 2.12. The molecule has 0 atom stereocenters. The lowest BCUT2D eigenvalue weighted by Gasteiger charge is -2.22. The first-order valence-electron chi connectivity index (χ1n) is 6.93. The Morgan fingerprint density at radius 2 is 2.10 bits per heavy atom. The maximum Gasteiger partial charge on any atom is 0.128 e. The molecule has 1 aromatic rings. The number of ether oxygens (including phenoxy) is 1. The molecule has 1 aromatic heterocycles. The Kier molecular flexibility index (Phi) is 6.72. The van der Waals surface area contributed by atoms with E-state index >= 15 is 0 Å². The number of rotatable bonds is 7. The van der Waals surface area contributed by atoms with E-state index in [1.54, 1.807) is 13.3 Å². The topological polar surface area (TPSA) is 37.4 Å². The zero-order chi connectivity index (χ0) is 15.2. The van der Waals surface area contributed by atoms with Gasteiger partial charge in [0, 0.05) is 45.6 Å². The lowest BCUT2D eigenvalue weighted by molar-refractivity contribution is 0.196. The predicted molar refractivity (Wildman–Crippen MR) is 85.6 cm³/mol. The van der Waals surface area contributed by atoms with Crippen molar-refractivity contribution >= 4 is 17.4 Å². The Balaban J connectivity index is 2.69. The lowest BCUT2D eigenvalue weighted by Crippen LogP contribution is -2.35. The second-order valence-corrected chi connectivity index (χ2v) is 6.41. The van der Waals surface area contributed by atoms with Crippen molar-refractivity contribution in [1.29, 1.82) is 0 Å². The number of halogens is 1. The molecule has 0 aliphatic carbocycles. The second kappa shape index (κ2) is 7.81. The van der Waals surface area contributed by atoms with Crippen LogP contribution in [0.3, 0.4) is 0 Å². The van der Waals surface area contributed by atoms with Crippen LogP contribution in [0.25, 0.3) is 0 Å². The molecule has 4 nitrogen and oxygen atoms in total. The maximum absolute atomic E-state index is 6.22. The molecule has 0 aliphatic heterocycles. The highest BCUT2D eigenvalue weighted by Crippen LogP contribution is 2.20. The fourth-order valence-electron chi connectivity index (χ4n) is 1.73. The monoisotopic (exact) mass is 299 g/mol. The minimum absolute atomic E-state index is 0.0666. The van der Waals surface area contributed by atoms with Crippen LogP contribution in [0.2, 0.25) is 5.02 Å². The largest absolute Gasteiger partial charge is 0.385 e. The van der Waals surface area contributed by atoms with E-state index in [-0.39, 0.29) is 5.54 Å². The molecule has 1 heterocycles. The molecule has 0 radical (unpaired) electrons. The molecule has 1 rings (SSSR count). The zero-order valence-corrected chi connectivity index (χ0v) is 13.9. The van der Waals surface area contributed by atoms with E-state index in [2.05, 4.69) is 36.0 Å². The SMILES string of the molecule is COCCCN(C)c1cc(CNC(C)(C)C)c(Cl)cn1. The third kappa shape index (κ3) is 6.07. The summed E-state index contributed by atoms with van der Waals surface area (Å²) in [5.74, 6) is 0.941. The van der Waals surface area contributed by atoms with Crippen molar-refractivity contribution in [3.63, 3.8) is 0 Å². The van der Waals surface area contributed by atoms with E-state index in [9.17, 15) is 0 Å². The Bertz CT molecular complexity index is 418. The molecule has 0 amide bonds. The van der Waals surface area contributed by atoms with Crippen LogP contribution in [0, 0.1) is 0 Å². The van der Waals surface area contributed by atoms with Crippen molar-refractivity contribution in [2.75, 3.05) is 32.2 Å². The molecule has 114 valence electrons. The van der Waals surface area contributed by atoms with Gasteiger partial charge in [0.1, 0.15) is 5.82 Å². The molecule has 1 N–H and O–H groups in total. The van der Waals surface area contributed by atoms with Crippen LogP contribution in [-0.2, 0) is 11.3 Å². The maximum atomic E-state index is 6.22. The summed E-state index contributed by atoms with van der Waals surface area (Å²) in [7, 11) is 3.75. The zero-order valence-electron chi connectivity index (χ0n) is 13.2. The van der Waals surface area contributed by atoms with Crippen LogP contribution < -0.4 is 10.2 Å². The molecule has 0 fully saturated rings. The molecule has 0 saturated heterocycles. The van der Waals surface area contributed by atoms with Crippen LogP contribution in [0.5, 0.6) is 0 Å². The molecule has 0 aliphatic rings. The van der Waals surface area contributed by atoms with Gasteiger partial charge in [-0.2, -0.15) is 0 Å². The standard InChI is InChI=1S/C15H26ClN3O/c1-15(2,3)18-10-12-9-14(17-11-13(12)16)19(4)7-6-8-20-5/h9,11,18H,6-8,10H2,1-5H3. The van der Waals surface area contributed by atoms with Crippen LogP contribution in [-0.4, -0.2) is 37.8 Å². The second-order valence-electron chi connectivity index (χ2n) is 6.01. The molecule has 20 heavy (non-hydrogen) atoms. The van der Waals surface area contributed by atoms with Gasteiger partial charge < -0.3 is 15.0 Å². The molecular weight excluding hydrogens is 274 g/mol. The van der Waals surface area contributed by atoms with Gasteiger partial charge >= 0.3 is 0 Å². The van der Waals surface area contributed by atoms with E-state index in [4.69, 9.17) is 16.3 Å². The van der Waals surface area contributed by atoms with Gasteiger partial charge in [0.25, 0.3) is 0 Å². The summed E-state index contributed by atoms with van der Waals surface area (Å²) in [5, 5.41) is 4.15. The predicted octanol–water partition coefficient (Wildman–Crippen LogP) is 3.10. The average molecular weight is 300 g/mol. The summed E-state index contributed by atoms with van der Waals surface area (Å²) in [6.45, 7) is 8.83. The van der Waals surface area contributed by atoms with Gasteiger partial charge in [-0.25, -0.2) is 4.98 Å². The van der Waals surface area contributed by atoms with Crippen LogP contribution in [0.15, 0.2) is 12.3 Å². The molecular formula is C15H26ClN3O. The number of pyridine rings is 1.